The Morgan fingerprint density at radius 2 is 2.08 bits per heavy atom. The number of hydrogen-bond donors (Lipinski definition) is 1. The van der Waals surface area contributed by atoms with Crippen molar-refractivity contribution >= 4 is 44.8 Å². The Bertz CT molecular complexity index is 803. The molecule has 4 nitrogen and oxygen atoms in total. The maximum Gasteiger partial charge on any atom is 0.232 e. The lowest BCUT2D eigenvalue weighted by Gasteiger charge is -2.45. The molecular formula is C19H24FN3OS2. The Hall–Kier alpha value is -1.31. The van der Waals surface area contributed by atoms with Gasteiger partial charge in [0, 0.05) is 41.6 Å². The molecule has 26 heavy (non-hydrogen) atoms. The zero-order valence-electron chi connectivity index (χ0n) is 15.0. The molecule has 2 fully saturated rings. The molecule has 0 saturated carbocycles. The molecule has 1 aromatic carbocycles. The summed E-state index contributed by atoms with van der Waals surface area (Å²) < 4.78 is 14.4. The molecule has 2 saturated heterocycles. The van der Waals surface area contributed by atoms with Crippen molar-refractivity contribution in [3.8, 4) is 0 Å². The number of piperazine rings is 1. The van der Waals surface area contributed by atoms with Crippen LogP contribution in [0.5, 0.6) is 0 Å². The number of nitrogens with one attached hydrogen (secondary N) is 1. The molecule has 0 spiro atoms. The van der Waals surface area contributed by atoms with Crippen molar-refractivity contribution in [2.45, 2.75) is 31.2 Å². The van der Waals surface area contributed by atoms with Gasteiger partial charge in [0.15, 0.2) is 0 Å². The first-order valence-corrected chi connectivity index (χ1v) is 11.1. The molecule has 1 N–H and O–H groups in total. The number of anilines is 1. The van der Waals surface area contributed by atoms with Gasteiger partial charge in [0.05, 0.1) is 11.4 Å². The van der Waals surface area contributed by atoms with Crippen LogP contribution in [0.3, 0.4) is 0 Å². The predicted molar refractivity (Wildman–Crippen MR) is 108 cm³/mol. The van der Waals surface area contributed by atoms with E-state index in [2.05, 4.69) is 27.4 Å². The highest BCUT2D eigenvalue weighted by molar-refractivity contribution is 8.01. The van der Waals surface area contributed by atoms with Crippen molar-refractivity contribution in [1.29, 1.82) is 0 Å². The molecule has 1 aromatic heterocycles. The third-order valence-electron chi connectivity index (χ3n) is 5.29. The number of thioether (sulfide) groups is 1. The fourth-order valence-electron chi connectivity index (χ4n) is 3.90. The molecule has 0 aliphatic carbocycles. The van der Waals surface area contributed by atoms with E-state index in [9.17, 15) is 9.18 Å². The van der Waals surface area contributed by atoms with Crippen LogP contribution in [0.1, 0.15) is 26.2 Å². The number of unbranched alkanes of at least 4 members (excludes halogenated alkanes) is 1. The van der Waals surface area contributed by atoms with Crippen LogP contribution >= 0.6 is 23.1 Å². The number of carbonyl (C=O) groups is 1. The van der Waals surface area contributed by atoms with Gasteiger partial charge in [-0.2, -0.15) is 0 Å². The highest BCUT2D eigenvalue weighted by Gasteiger charge is 2.44. The van der Waals surface area contributed by atoms with E-state index in [-0.39, 0.29) is 16.7 Å². The number of amides is 1. The highest BCUT2D eigenvalue weighted by atomic mass is 32.2. The van der Waals surface area contributed by atoms with Crippen LogP contribution in [0.2, 0.25) is 0 Å². The van der Waals surface area contributed by atoms with Gasteiger partial charge < -0.3 is 10.2 Å². The van der Waals surface area contributed by atoms with E-state index in [4.69, 9.17) is 0 Å². The lowest BCUT2D eigenvalue weighted by atomic mass is 10.1. The van der Waals surface area contributed by atoms with Crippen LogP contribution in [0, 0.1) is 5.82 Å². The smallest absolute Gasteiger partial charge is 0.232 e. The quantitative estimate of drug-likeness (QED) is 0.837. The number of halogens is 1. The summed E-state index contributed by atoms with van der Waals surface area (Å²) in [5.41, 5.74) is 1.20. The molecule has 3 heterocycles. The van der Waals surface area contributed by atoms with Crippen LogP contribution in [0.4, 0.5) is 10.1 Å². The lowest BCUT2D eigenvalue weighted by Crippen LogP contribution is -2.60. The van der Waals surface area contributed by atoms with Crippen molar-refractivity contribution in [2.75, 3.05) is 36.8 Å². The van der Waals surface area contributed by atoms with E-state index in [1.807, 2.05) is 6.07 Å². The Morgan fingerprint density at radius 1 is 1.27 bits per heavy atom. The van der Waals surface area contributed by atoms with Gasteiger partial charge in [0.2, 0.25) is 5.91 Å². The minimum Gasteiger partial charge on any atom is -0.368 e. The number of nitrogens with zero attached hydrogens (tertiary/aromatic N) is 2. The van der Waals surface area contributed by atoms with Gasteiger partial charge in [-0.05, 0) is 31.0 Å². The van der Waals surface area contributed by atoms with E-state index in [0.717, 1.165) is 55.5 Å². The second-order valence-corrected chi connectivity index (χ2v) is 9.12. The largest absolute Gasteiger partial charge is 0.368 e. The predicted octanol–water partition coefficient (Wildman–Crippen LogP) is 3.87. The molecule has 0 radical (unpaired) electrons. The van der Waals surface area contributed by atoms with Gasteiger partial charge in [0.1, 0.15) is 10.8 Å². The summed E-state index contributed by atoms with van der Waals surface area (Å²) in [6.07, 6.45) is 3.25. The molecule has 4 rings (SSSR count). The molecule has 1 unspecified atom stereocenters. The number of rotatable bonds is 5. The Morgan fingerprint density at radius 3 is 2.77 bits per heavy atom. The first-order chi connectivity index (χ1) is 12.6. The molecule has 2 aliphatic rings. The third-order valence-corrected chi connectivity index (χ3v) is 7.68. The Kier molecular flexibility index (Phi) is 5.12. The standard InChI is InChI=1S/C19H24FN3OS2/c1-2-3-6-19(21-18(24)13-26-19)23-9-7-22(8-10-23)16-12-25-17-11-14(20)4-5-15(16)17/h4-5,11-12H,2-3,6-10,13H2,1H3,(H,21,24). The van der Waals surface area contributed by atoms with E-state index in [0.29, 0.717) is 5.75 Å². The van der Waals surface area contributed by atoms with Gasteiger partial charge in [-0.1, -0.05) is 13.3 Å². The topological polar surface area (TPSA) is 35.6 Å². The number of carbonyl (C=O) groups excluding carboxylic acids is 1. The molecule has 2 aromatic rings. The SMILES string of the molecule is CCCCC1(N2CCN(c3csc4cc(F)ccc34)CC2)NC(=O)CS1. The van der Waals surface area contributed by atoms with Crippen molar-refractivity contribution in [2.24, 2.45) is 0 Å². The van der Waals surface area contributed by atoms with E-state index in [1.54, 1.807) is 35.2 Å². The number of thiophene rings is 1. The van der Waals surface area contributed by atoms with Crippen LogP contribution < -0.4 is 10.2 Å². The molecule has 0 bridgehead atoms. The molecule has 140 valence electrons. The van der Waals surface area contributed by atoms with Gasteiger partial charge >= 0.3 is 0 Å². The first-order valence-electron chi connectivity index (χ1n) is 9.23. The Labute approximate surface area is 161 Å². The van der Waals surface area contributed by atoms with E-state index in [1.165, 1.54) is 5.69 Å². The van der Waals surface area contributed by atoms with Crippen LogP contribution in [-0.2, 0) is 4.79 Å². The van der Waals surface area contributed by atoms with Gasteiger partial charge in [-0.3, -0.25) is 9.69 Å². The van der Waals surface area contributed by atoms with Crippen molar-refractivity contribution in [3.63, 3.8) is 0 Å². The summed E-state index contributed by atoms with van der Waals surface area (Å²) >= 11 is 3.36. The number of benzene rings is 1. The molecular weight excluding hydrogens is 369 g/mol. The zero-order valence-corrected chi connectivity index (χ0v) is 16.6. The summed E-state index contributed by atoms with van der Waals surface area (Å²) in [6, 6.07) is 5.04. The lowest BCUT2D eigenvalue weighted by molar-refractivity contribution is -0.120. The van der Waals surface area contributed by atoms with Crippen LogP contribution in [-0.4, -0.2) is 47.7 Å². The second kappa shape index (κ2) is 7.37. The monoisotopic (exact) mass is 393 g/mol. The summed E-state index contributed by atoms with van der Waals surface area (Å²) in [4.78, 5) is 16.5. The third kappa shape index (κ3) is 3.32. The van der Waals surface area contributed by atoms with Crippen LogP contribution in [0.25, 0.3) is 10.1 Å². The normalized spacial score (nSPS) is 24.4. The van der Waals surface area contributed by atoms with Crippen LogP contribution in [0.15, 0.2) is 23.6 Å². The average molecular weight is 394 g/mol. The minimum atomic E-state index is -0.223. The summed E-state index contributed by atoms with van der Waals surface area (Å²) in [7, 11) is 0. The maximum atomic E-state index is 13.4. The van der Waals surface area contributed by atoms with Gasteiger partial charge in [0.25, 0.3) is 0 Å². The molecule has 1 amide bonds. The fourth-order valence-corrected chi connectivity index (χ4v) is 6.17. The fraction of sp³-hybridized carbons (Fsp3) is 0.526. The summed E-state index contributed by atoms with van der Waals surface area (Å²) in [5, 5.41) is 6.52. The molecule has 7 heteroatoms. The van der Waals surface area contributed by atoms with Gasteiger partial charge in [-0.15, -0.1) is 23.1 Å². The zero-order chi connectivity index (χ0) is 18.1. The summed E-state index contributed by atoms with van der Waals surface area (Å²) in [6.45, 7) is 5.89. The summed E-state index contributed by atoms with van der Waals surface area (Å²) in [5.74, 6) is 0.534. The molecule has 2 aliphatic heterocycles. The number of fused-ring (bicyclic) bond motifs is 1. The van der Waals surface area contributed by atoms with Crippen molar-refractivity contribution < 1.29 is 9.18 Å². The van der Waals surface area contributed by atoms with Crippen molar-refractivity contribution in [1.82, 2.24) is 10.2 Å². The molecule has 1 atom stereocenters. The van der Waals surface area contributed by atoms with E-state index < -0.39 is 0 Å². The number of hydrogen-bond acceptors (Lipinski definition) is 5. The average Bonchev–Trinajstić information content (AvgIpc) is 3.24. The minimum absolute atomic E-state index is 0.152. The maximum absolute atomic E-state index is 13.4. The first kappa shape index (κ1) is 18.1. The van der Waals surface area contributed by atoms with Crippen molar-refractivity contribution in [3.05, 3.63) is 29.4 Å². The second-order valence-electron chi connectivity index (χ2n) is 6.96. The highest BCUT2D eigenvalue weighted by Crippen LogP contribution is 2.39. The Balaban J connectivity index is 1.48. The van der Waals surface area contributed by atoms with E-state index >= 15 is 0 Å². The van der Waals surface area contributed by atoms with Gasteiger partial charge in [-0.25, -0.2) is 4.39 Å².